The SMILES string of the molecule is CC1(C)c2c(cccc2-c2ccc(-c3ccc(-c4cc(-c5ccc(-c6ccccc6)cc5)nc(-c5ccccc5)n4)c4ccccc34)c3ccccc23)-c2ccc3ccccc3c21. The molecule has 0 unspecified atom stereocenters. The van der Waals surface area contributed by atoms with Crippen molar-refractivity contribution >= 4 is 32.3 Å². The zero-order chi connectivity index (χ0) is 42.1. The molecule has 0 saturated carbocycles. The molecule has 0 radical (unpaired) electrons. The zero-order valence-corrected chi connectivity index (χ0v) is 35.2. The Morgan fingerprint density at radius 3 is 1.35 bits per heavy atom. The second-order valence-electron chi connectivity index (χ2n) is 17.2. The van der Waals surface area contributed by atoms with Crippen LogP contribution in [0, 0.1) is 0 Å². The molecule has 11 aromatic rings. The third-order valence-corrected chi connectivity index (χ3v) is 13.3. The van der Waals surface area contributed by atoms with Crippen LogP contribution in [0.15, 0.2) is 218 Å². The van der Waals surface area contributed by atoms with E-state index in [2.05, 4.69) is 214 Å². The molecule has 1 aliphatic rings. The minimum atomic E-state index is -0.180. The van der Waals surface area contributed by atoms with Gasteiger partial charge in [0.2, 0.25) is 0 Å². The standard InChI is InChI=1S/C61H42N2/c1-61(2)58-44-21-10-9-18-41(44)32-33-55(58)54-27-15-26-53(59(54)61)51-35-34-49(45-22-11-12-23-46(45)51)50-36-37-52(48-25-14-13-24-47(48)50)57-38-56(62-60(63-57)43-19-7-4-8-20-43)42-30-28-40(29-31-42)39-16-5-3-6-17-39/h3-38H,1-2H3. The van der Waals surface area contributed by atoms with E-state index in [1.807, 2.05) is 18.2 Å². The lowest BCUT2D eigenvalue weighted by molar-refractivity contribution is 0.668. The number of benzene rings is 10. The normalized spacial score (nSPS) is 12.7. The number of hydrogen-bond donors (Lipinski definition) is 0. The average Bonchev–Trinajstić information content (AvgIpc) is 3.60. The van der Waals surface area contributed by atoms with Crippen molar-refractivity contribution in [1.82, 2.24) is 9.97 Å². The Bertz CT molecular complexity index is 3570. The fraction of sp³-hybridized carbons (Fsp3) is 0.0492. The Morgan fingerprint density at radius 2 is 0.714 bits per heavy atom. The molecule has 12 rings (SSSR count). The van der Waals surface area contributed by atoms with Crippen LogP contribution < -0.4 is 0 Å². The summed E-state index contributed by atoms with van der Waals surface area (Å²) < 4.78 is 0. The monoisotopic (exact) mass is 802 g/mol. The topological polar surface area (TPSA) is 25.8 Å². The van der Waals surface area contributed by atoms with E-state index in [4.69, 9.17) is 9.97 Å². The summed E-state index contributed by atoms with van der Waals surface area (Å²) in [4.78, 5) is 10.4. The van der Waals surface area contributed by atoms with E-state index >= 15 is 0 Å². The average molecular weight is 803 g/mol. The maximum atomic E-state index is 5.27. The number of aromatic nitrogens is 2. The molecule has 63 heavy (non-hydrogen) atoms. The highest BCUT2D eigenvalue weighted by molar-refractivity contribution is 6.13. The summed E-state index contributed by atoms with van der Waals surface area (Å²) in [6.45, 7) is 4.81. The van der Waals surface area contributed by atoms with Gasteiger partial charge in [0, 0.05) is 22.1 Å². The molecular weight excluding hydrogens is 761 g/mol. The molecule has 0 saturated heterocycles. The van der Waals surface area contributed by atoms with Crippen molar-refractivity contribution in [2.24, 2.45) is 0 Å². The van der Waals surface area contributed by atoms with Crippen molar-refractivity contribution in [3.8, 4) is 78.4 Å². The van der Waals surface area contributed by atoms with Crippen molar-refractivity contribution in [3.63, 3.8) is 0 Å². The van der Waals surface area contributed by atoms with Gasteiger partial charge in [-0.2, -0.15) is 0 Å². The summed E-state index contributed by atoms with van der Waals surface area (Å²) in [6.07, 6.45) is 0. The Balaban J connectivity index is 0.995. The first-order valence-corrected chi connectivity index (χ1v) is 21.8. The molecule has 1 aliphatic carbocycles. The summed E-state index contributed by atoms with van der Waals surface area (Å²) in [6, 6.07) is 79.0. The maximum absolute atomic E-state index is 5.27. The van der Waals surface area contributed by atoms with E-state index < -0.39 is 0 Å². The summed E-state index contributed by atoms with van der Waals surface area (Å²) in [7, 11) is 0. The van der Waals surface area contributed by atoms with Gasteiger partial charge in [-0.3, -0.25) is 0 Å². The van der Waals surface area contributed by atoms with Crippen LogP contribution >= 0.6 is 0 Å². The van der Waals surface area contributed by atoms with Crippen molar-refractivity contribution in [2.45, 2.75) is 19.3 Å². The largest absolute Gasteiger partial charge is 0.228 e. The highest BCUT2D eigenvalue weighted by Gasteiger charge is 2.39. The van der Waals surface area contributed by atoms with E-state index in [0.717, 1.165) is 33.5 Å². The van der Waals surface area contributed by atoms with E-state index in [0.29, 0.717) is 5.82 Å². The highest BCUT2D eigenvalue weighted by Crippen LogP contribution is 2.55. The minimum absolute atomic E-state index is 0.180. The lowest BCUT2D eigenvalue weighted by Gasteiger charge is -2.26. The van der Waals surface area contributed by atoms with Crippen LogP contribution in [0.4, 0.5) is 0 Å². The van der Waals surface area contributed by atoms with Gasteiger partial charge in [-0.25, -0.2) is 9.97 Å². The number of fused-ring (bicyclic) bond motifs is 7. The van der Waals surface area contributed by atoms with Gasteiger partial charge in [-0.1, -0.05) is 226 Å². The first-order chi connectivity index (χ1) is 31.0. The third kappa shape index (κ3) is 6.02. The summed E-state index contributed by atoms with van der Waals surface area (Å²) in [5.41, 5.74) is 17.5. The Hall–Kier alpha value is -7.94. The highest BCUT2D eigenvalue weighted by atomic mass is 14.9. The van der Waals surface area contributed by atoms with Gasteiger partial charge >= 0.3 is 0 Å². The van der Waals surface area contributed by atoms with Crippen LogP contribution in [0.25, 0.3) is 111 Å². The Labute approximate surface area is 367 Å². The molecule has 296 valence electrons. The molecular formula is C61H42N2. The Morgan fingerprint density at radius 1 is 0.286 bits per heavy atom. The van der Waals surface area contributed by atoms with Gasteiger partial charge in [0.25, 0.3) is 0 Å². The molecule has 0 N–H and O–H groups in total. The molecule has 0 amide bonds. The molecule has 0 bridgehead atoms. The van der Waals surface area contributed by atoms with E-state index in [1.54, 1.807) is 0 Å². The minimum Gasteiger partial charge on any atom is -0.228 e. The van der Waals surface area contributed by atoms with Crippen molar-refractivity contribution in [2.75, 3.05) is 0 Å². The fourth-order valence-corrected chi connectivity index (χ4v) is 10.4. The predicted molar refractivity (Wildman–Crippen MR) is 265 cm³/mol. The van der Waals surface area contributed by atoms with Crippen molar-refractivity contribution in [1.29, 1.82) is 0 Å². The van der Waals surface area contributed by atoms with Crippen LogP contribution in [0.5, 0.6) is 0 Å². The predicted octanol–water partition coefficient (Wildman–Crippen LogP) is 16.2. The quantitative estimate of drug-likeness (QED) is 0.167. The summed E-state index contributed by atoms with van der Waals surface area (Å²) in [5.74, 6) is 0.705. The molecule has 0 fully saturated rings. The molecule has 2 heteroatoms. The fourth-order valence-electron chi connectivity index (χ4n) is 10.4. The van der Waals surface area contributed by atoms with E-state index in [1.165, 1.54) is 82.6 Å². The Kier molecular flexibility index (Phi) is 8.55. The maximum Gasteiger partial charge on any atom is 0.160 e. The lowest BCUT2D eigenvalue weighted by atomic mass is 9.76. The smallest absolute Gasteiger partial charge is 0.160 e. The summed E-state index contributed by atoms with van der Waals surface area (Å²) in [5, 5.41) is 7.45. The van der Waals surface area contributed by atoms with Gasteiger partial charge in [0.1, 0.15) is 0 Å². The van der Waals surface area contributed by atoms with Crippen LogP contribution in [0.1, 0.15) is 25.0 Å². The lowest BCUT2D eigenvalue weighted by Crippen LogP contribution is -2.17. The van der Waals surface area contributed by atoms with Gasteiger partial charge in [-0.05, 0) is 94.0 Å². The van der Waals surface area contributed by atoms with Crippen LogP contribution in [0.3, 0.4) is 0 Å². The third-order valence-electron chi connectivity index (χ3n) is 13.3. The first-order valence-electron chi connectivity index (χ1n) is 21.8. The first kappa shape index (κ1) is 36.9. The molecule has 0 spiro atoms. The molecule has 2 nitrogen and oxygen atoms in total. The second-order valence-corrected chi connectivity index (χ2v) is 17.2. The van der Waals surface area contributed by atoms with Gasteiger partial charge in [-0.15, -0.1) is 0 Å². The van der Waals surface area contributed by atoms with Crippen LogP contribution in [-0.4, -0.2) is 9.97 Å². The number of rotatable bonds is 6. The van der Waals surface area contributed by atoms with Crippen molar-refractivity contribution in [3.05, 3.63) is 230 Å². The molecule has 0 atom stereocenters. The van der Waals surface area contributed by atoms with Crippen molar-refractivity contribution < 1.29 is 0 Å². The number of hydrogen-bond acceptors (Lipinski definition) is 2. The van der Waals surface area contributed by atoms with Gasteiger partial charge < -0.3 is 0 Å². The molecule has 0 aliphatic heterocycles. The molecule has 10 aromatic carbocycles. The molecule has 1 aromatic heterocycles. The van der Waals surface area contributed by atoms with Crippen LogP contribution in [0.2, 0.25) is 0 Å². The van der Waals surface area contributed by atoms with E-state index in [-0.39, 0.29) is 5.41 Å². The van der Waals surface area contributed by atoms with Gasteiger partial charge in [0.05, 0.1) is 11.4 Å². The van der Waals surface area contributed by atoms with E-state index in [9.17, 15) is 0 Å². The van der Waals surface area contributed by atoms with Crippen LogP contribution in [-0.2, 0) is 5.41 Å². The number of nitrogens with zero attached hydrogens (tertiary/aromatic N) is 2. The zero-order valence-electron chi connectivity index (χ0n) is 35.2. The van der Waals surface area contributed by atoms with Gasteiger partial charge in [0.15, 0.2) is 5.82 Å². The second kappa shape index (κ2) is 14.6. The summed E-state index contributed by atoms with van der Waals surface area (Å²) >= 11 is 0. The molecule has 1 heterocycles.